The lowest BCUT2D eigenvalue weighted by atomic mass is 10.1. The molecule has 1 saturated heterocycles. The molecule has 0 aliphatic carbocycles. The molecule has 0 aromatic carbocycles. The predicted octanol–water partition coefficient (Wildman–Crippen LogP) is 2.41. The maximum Gasteiger partial charge on any atom is 0.158 e. The third kappa shape index (κ3) is 2.13. The summed E-state index contributed by atoms with van der Waals surface area (Å²) in [7, 11) is 2.34. The number of quaternary nitrogens is 1. The van der Waals surface area contributed by atoms with Gasteiger partial charge in [-0.1, -0.05) is 0 Å². The van der Waals surface area contributed by atoms with Crippen LogP contribution in [0.4, 0.5) is 0 Å². The molecule has 1 aliphatic heterocycles. The Morgan fingerprint density at radius 3 is 2.69 bits per heavy atom. The summed E-state index contributed by atoms with van der Waals surface area (Å²) in [5.41, 5.74) is 0. The van der Waals surface area contributed by atoms with Gasteiger partial charge in [-0.2, -0.15) is 0 Å². The van der Waals surface area contributed by atoms with E-state index in [0.717, 1.165) is 16.8 Å². The van der Waals surface area contributed by atoms with Gasteiger partial charge in [-0.15, -0.1) is 0 Å². The molecule has 2 heteroatoms. The third-order valence-electron chi connectivity index (χ3n) is 3.01. The molecule has 0 radical (unpaired) electrons. The van der Waals surface area contributed by atoms with Crippen LogP contribution in [0, 0.1) is 0 Å². The fourth-order valence-corrected chi connectivity index (χ4v) is 2.21. The molecule has 0 atom stereocenters. The number of hydrogen-bond donors (Lipinski definition) is 0. The highest BCUT2D eigenvalue weighted by molar-refractivity contribution is 4.96. The van der Waals surface area contributed by atoms with Crippen LogP contribution in [0.3, 0.4) is 0 Å². The number of hydrogen-bond acceptors (Lipinski definition) is 1. The topological polar surface area (TPSA) is 13.1 Å². The molecule has 2 rings (SSSR count). The fourth-order valence-electron chi connectivity index (χ4n) is 2.21. The molecule has 72 valence electrons. The van der Waals surface area contributed by atoms with Gasteiger partial charge < -0.3 is 8.90 Å². The van der Waals surface area contributed by atoms with E-state index < -0.39 is 0 Å². The first-order valence-electron chi connectivity index (χ1n) is 5.14. The van der Waals surface area contributed by atoms with Gasteiger partial charge in [-0.25, -0.2) is 0 Å². The second kappa shape index (κ2) is 3.54. The average molecular weight is 180 g/mol. The summed E-state index contributed by atoms with van der Waals surface area (Å²) in [6.45, 7) is 3.68. The van der Waals surface area contributed by atoms with Gasteiger partial charge in [0.1, 0.15) is 6.54 Å². The zero-order valence-corrected chi connectivity index (χ0v) is 8.33. The van der Waals surface area contributed by atoms with E-state index in [1.54, 1.807) is 6.26 Å². The average Bonchev–Trinajstić information content (AvgIpc) is 2.57. The SMILES string of the molecule is C[N+]1(Cc2ccco2)CCCCC1. The number of piperidine rings is 1. The van der Waals surface area contributed by atoms with Gasteiger partial charge in [0.2, 0.25) is 0 Å². The highest BCUT2D eigenvalue weighted by Crippen LogP contribution is 2.20. The Balaban J connectivity index is 1.99. The number of likely N-dealkylation sites (tertiary alicyclic amines) is 1. The molecule has 2 nitrogen and oxygen atoms in total. The van der Waals surface area contributed by atoms with Crippen LogP contribution in [0.2, 0.25) is 0 Å². The van der Waals surface area contributed by atoms with Crippen molar-refractivity contribution in [2.75, 3.05) is 20.1 Å². The minimum atomic E-state index is 1.06. The highest BCUT2D eigenvalue weighted by atomic mass is 16.3. The van der Waals surface area contributed by atoms with Gasteiger partial charge in [0.25, 0.3) is 0 Å². The molecule has 2 heterocycles. The van der Waals surface area contributed by atoms with E-state index in [0.29, 0.717) is 0 Å². The summed E-state index contributed by atoms with van der Waals surface area (Å²) in [5, 5.41) is 0. The maximum atomic E-state index is 5.39. The molecule has 0 spiro atoms. The quantitative estimate of drug-likeness (QED) is 0.637. The Kier molecular flexibility index (Phi) is 2.40. The first kappa shape index (κ1) is 8.82. The van der Waals surface area contributed by atoms with Crippen molar-refractivity contribution >= 4 is 0 Å². The zero-order chi connectivity index (χ0) is 9.15. The zero-order valence-electron chi connectivity index (χ0n) is 8.33. The van der Waals surface area contributed by atoms with Crippen LogP contribution < -0.4 is 0 Å². The molecule has 1 fully saturated rings. The maximum absolute atomic E-state index is 5.39. The van der Waals surface area contributed by atoms with E-state index in [-0.39, 0.29) is 0 Å². The summed E-state index contributed by atoms with van der Waals surface area (Å²) in [6.07, 6.45) is 5.92. The van der Waals surface area contributed by atoms with E-state index in [4.69, 9.17) is 4.42 Å². The van der Waals surface area contributed by atoms with E-state index in [9.17, 15) is 0 Å². The first-order chi connectivity index (χ1) is 6.29. The lowest BCUT2D eigenvalue weighted by Gasteiger charge is -2.36. The van der Waals surface area contributed by atoms with Crippen LogP contribution in [0.25, 0.3) is 0 Å². The summed E-state index contributed by atoms with van der Waals surface area (Å²) in [5.74, 6) is 1.13. The minimum absolute atomic E-state index is 1.06. The van der Waals surface area contributed by atoms with E-state index in [2.05, 4.69) is 13.1 Å². The fraction of sp³-hybridized carbons (Fsp3) is 0.636. The first-order valence-corrected chi connectivity index (χ1v) is 5.14. The van der Waals surface area contributed by atoms with Crippen molar-refractivity contribution in [3.8, 4) is 0 Å². The Morgan fingerprint density at radius 2 is 2.08 bits per heavy atom. The Morgan fingerprint density at radius 1 is 1.31 bits per heavy atom. The molecule has 13 heavy (non-hydrogen) atoms. The monoisotopic (exact) mass is 180 g/mol. The van der Waals surface area contributed by atoms with E-state index in [1.807, 2.05) is 6.07 Å². The van der Waals surface area contributed by atoms with Gasteiger partial charge in [0, 0.05) is 0 Å². The van der Waals surface area contributed by atoms with Gasteiger partial charge in [0.15, 0.2) is 5.76 Å². The van der Waals surface area contributed by atoms with Crippen molar-refractivity contribution in [2.45, 2.75) is 25.8 Å². The Hall–Kier alpha value is -0.760. The van der Waals surface area contributed by atoms with Crippen LogP contribution in [0.1, 0.15) is 25.0 Å². The van der Waals surface area contributed by atoms with Gasteiger partial charge >= 0.3 is 0 Å². The molecule has 1 aromatic rings. The van der Waals surface area contributed by atoms with Crippen molar-refractivity contribution < 1.29 is 8.90 Å². The van der Waals surface area contributed by atoms with E-state index in [1.165, 1.54) is 32.4 Å². The molecule has 0 N–H and O–H groups in total. The molecule has 0 bridgehead atoms. The van der Waals surface area contributed by atoms with E-state index >= 15 is 0 Å². The van der Waals surface area contributed by atoms with Crippen molar-refractivity contribution in [2.24, 2.45) is 0 Å². The van der Waals surface area contributed by atoms with Crippen molar-refractivity contribution in [1.82, 2.24) is 0 Å². The van der Waals surface area contributed by atoms with Gasteiger partial charge in [-0.3, -0.25) is 0 Å². The van der Waals surface area contributed by atoms with Crippen molar-refractivity contribution in [3.63, 3.8) is 0 Å². The Bertz CT molecular complexity index is 247. The largest absolute Gasteiger partial charge is 0.463 e. The molecule has 0 saturated carbocycles. The van der Waals surface area contributed by atoms with Gasteiger partial charge in [0.05, 0.1) is 26.4 Å². The second-order valence-corrected chi connectivity index (χ2v) is 4.36. The van der Waals surface area contributed by atoms with Crippen molar-refractivity contribution in [3.05, 3.63) is 24.2 Å². The lowest BCUT2D eigenvalue weighted by Crippen LogP contribution is -2.46. The number of furan rings is 1. The molecular formula is C11H18NO+. The highest BCUT2D eigenvalue weighted by Gasteiger charge is 2.25. The van der Waals surface area contributed by atoms with Crippen LogP contribution in [0.15, 0.2) is 22.8 Å². The summed E-state index contributed by atoms with van der Waals surface area (Å²) in [4.78, 5) is 0. The standard InChI is InChI=1S/C11H18NO/c1-12(7-3-2-4-8-12)10-11-6-5-9-13-11/h5-6,9H,2-4,7-8,10H2,1H3/q+1. The molecule has 0 unspecified atom stereocenters. The molecule has 0 amide bonds. The normalized spacial score (nSPS) is 21.6. The summed E-state index contributed by atoms with van der Waals surface area (Å²) < 4.78 is 6.55. The molecule has 1 aromatic heterocycles. The number of nitrogens with zero attached hydrogens (tertiary/aromatic N) is 1. The van der Waals surface area contributed by atoms with Crippen LogP contribution in [-0.2, 0) is 6.54 Å². The third-order valence-corrected chi connectivity index (χ3v) is 3.01. The summed E-state index contributed by atoms with van der Waals surface area (Å²) in [6, 6.07) is 4.06. The molecule has 1 aliphatic rings. The predicted molar refractivity (Wildman–Crippen MR) is 52.2 cm³/mol. The molecular weight excluding hydrogens is 162 g/mol. The van der Waals surface area contributed by atoms with Crippen LogP contribution in [0.5, 0.6) is 0 Å². The number of rotatable bonds is 2. The van der Waals surface area contributed by atoms with Crippen LogP contribution in [-0.4, -0.2) is 24.6 Å². The van der Waals surface area contributed by atoms with Gasteiger partial charge in [-0.05, 0) is 31.4 Å². The minimum Gasteiger partial charge on any atom is -0.463 e. The van der Waals surface area contributed by atoms with Crippen molar-refractivity contribution in [1.29, 1.82) is 0 Å². The Labute approximate surface area is 79.7 Å². The smallest absolute Gasteiger partial charge is 0.158 e. The summed E-state index contributed by atoms with van der Waals surface area (Å²) >= 11 is 0. The lowest BCUT2D eigenvalue weighted by molar-refractivity contribution is -0.927. The second-order valence-electron chi connectivity index (χ2n) is 4.36. The van der Waals surface area contributed by atoms with Crippen LogP contribution >= 0.6 is 0 Å².